The lowest BCUT2D eigenvalue weighted by Gasteiger charge is -2.37. The van der Waals surface area contributed by atoms with Crippen LogP contribution in [-0.4, -0.2) is 63.2 Å². The Kier molecular flexibility index (Phi) is 6.31. The van der Waals surface area contributed by atoms with Crippen LogP contribution in [0.5, 0.6) is 0 Å². The summed E-state index contributed by atoms with van der Waals surface area (Å²) in [6.07, 6.45) is -1.10. The van der Waals surface area contributed by atoms with Gasteiger partial charge >= 0.3 is 6.09 Å². The van der Waals surface area contributed by atoms with Crippen molar-refractivity contribution in [3.8, 4) is 0 Å². The Morgan fingerprint density at radius 1 is 1.25 bits per heavy atom. The molecule has 1 unspecified atom stereocenters. The van der Waals surface area contributed by atoms with Gasteiger partial charge in [-0.2, -0.15) is 0 Å². The van der Waals surface area contributed by atoms with Gasteiger partial charge < -0.3 is 4.74 Å². The maximum atomic E-state index is 12.4. The number of hydrogen-bond donors (Lipinski definition) is 4. The Hall–Kier alpha value is -1.47. The number of nitrogens with zero attached hydrogens (tertiary/aromatic N) is 2. The number of amides is 2. The number of nitrogens with one attached hydrogen (secondary N) is 3. The van der Waals surface area contributed by atoms with E-state index in [-0.39, 0.29) is 4.52 Å². The molecule has 0 fully saturated rings. The van der Waals surface area contributed by atoms with Crippen molar-refractivity contribution in [2.45, 2.75) is 12.0 Å². The van der Waals surface area contributed by atoms with Crippen LogP contribution in [0.3, 0.4) is 0 Å². The summed E-state index contributed by atoms with van der Waals surface area (Å²) in [6.45, 7) is 1.06. The summed E-state index contributed by atoms with van der Waals surface area (Å²) in [5.74, 6) is -0.734. The third-order valence-corrected chi connectivity index (χ3v) is 4.31. The van der Waals surface area contributed by atoms with Gasteiger partial charge in [0, 0.05) is 6.92 Å². The molecule has 0 radical (unpaired) electrons. The fourth-order valence-corrected chi connectivity index (χ4v) is 2.58. The zero-order chi connectivity index (χ0) is 16.1. The van der Waals surface area contributed by atoms with Crippen molar-refractivity contribution in [3.63, 3.8) is 0 Å². The highest BCUT2D eigenvalue weighted by Crippen LogP contribution is 2.12. The van der Waals surface area contributed by atoms with Gasteiger partial charge in [-0.05, 0) is 25.7 Å². The molecule has 1 atom stereocenters. The van der Waals surface area contributed by atoms with Gasteiger partial charge in [0.15, 0.2) is 0 Å². The van der Waals surface area contributed by atoms with Crippen LogP contribution in [0.4, 0.5) is 4.79 Å². The maximum Gasteiger partial charge on any atom is 0.423 e. The average molecular weight is 312 g/mol. The number of carbonyl (C=O) groups is 2. The Bertz CT molecular complexity index is 466. The Morgan fingerprint density at radius 3 is 2.05 bits per heavy atom. The van der Waals surface area contributed by atoms with Crippen molar-refractivity contribution in [1.82, 2.24) is 25.6 Å². The summed E-state index contributed by atoms with van der Waals surface area (Å²) >= 11 is 0. The molecule has 20 heavy (non-hydrogen) atoms. The summed E-state index contributed by atoms with van der Waals surface area (Å²) in [7, 11) is 0.714. The second-order valence-corrected chi connectivity index (χ2v) is 5.82. The van der Waals surface area contributed by atoms with Crippen molar-refractivity contribution in [1.29, 1.82) is 0 Å². The minimum absolute atomic E-state index is 0.192. The standard InChI is InChI=1S/C8H20N6O5S/c1-6(15)11-14(12-7(16)19-5)20(17,18)8(9,10-2)13(3)4/h10H,9H2,1-5H3,(H,11,15)(H,12,16). The molecule has 0 aliphatic rings. The molecule has 118 valence electrons. The lowest BCUT2D eigenvalue weighted by molar-refractivity contribution is -0.122. The number of carbonyl (C=O) groups excluding carboxylic acids is 2. The van der Waals surface area contributed by atoms with Crippen molar-refractivity contribution in [2.75, 3.05) is 28.3 Å². The molecule has 0 heterocycles. The van der Waals surface area contributed by atoms with Gasteiger partial charge in [-0.1, -0.05) is 0 Å². The highest BCUT2D eigenvalue weighted by atomic mass is 32.2. The van der Waals surface area contributed by atoms with Crippen LogP contribution in [0.25, 0.3) is 0 Å². The van der Waals surface area contributed by atoms with E-state index in [2.05, 4.69) is 10.1 Å². The van der Waals surface area contributed by atoms with E-state index in [0.717, 1.165) is 18.9 Å². The minimum Gasteiger partial charge on any atom is -0.452 e. The largest absolute Gasteiger partial charge is 0.452 e. The predicted molar refractivity (Wildman–Crippen MR) is 69.8 cm³/mol. The number of hydrogen-bond acceptors (Lipinski definition) is 8. The summed E-state index contributed by atoms with van der Waals surface area (Å²) in [6, 6.07) is 0. The van der Waals surface area contributed by atoms with E-state index in [1.807, 2.05) is 10.9 Å². The first-order valence-electron chi connectivity index (χ1n) is 5.34. The highest BCUT2D eigenvalue weighted by Gasteiger charge is 2.47. The Labute approximate surface area is 117 Å². The molecular formula is C8H20N6O5S. The smallest absolute Gasteiger partial charge is 0.423 e. The van der Waals surface area contributed by atoms with Gasteiger partial charge in [0.2, 0.25) is 11.0 Å². The van der Waals surface area contributed by atoms with E-state index in [1.165, 1.54) is 21.1 Å². The fourth-order valence-electron chi connectivity index (χ4n) is 1.14. The zero-order valence-corrected chi connectivity index (χ0v) is 12.7. The van der Waals surface area contributed by atoms with Crippen LogP contribution in [0.1, 0.15) is 6.92 Å². The lowest BCUT2D eigenvalue weighted by atomic mass is 10.7. The molecule has 0 bridgehead atoms. The molecule has 0 aromatic rings. The van der Waals surface area contributed by atoms with Gasteiger partial charge in [-0.3, -0.25) is 26.2 Å². The number of methoxy groups -OCH3 is 1. The highest BCUT2D eigenvalue weighted by molar-refractivity contribution is 7.90. The number of ether oxygens (including phenoxy) is 1. The molecule has 0 rings (SSSR count). The molecule has 0 aromatic carbocycles. The first kappa shape index (κ1) is 18.5. The molecule has 0 saturated carbocycles. The summed E-state index contributed by atoms with van der Waals surface area (Å²) in [5.41, 5.74) is 9.52. The van der Waals surface area contributed by atoms with Crippen molar-refractivity contribution >= 4 is 22.0 Å². The summed E-state index contributed by atoms with van der Waals surface area (Å²) in [4.78, 5) is 23.4. The van der Waals surface area contributed by atoms with E-state index < -0.39 is 27.1 Å². The van der Waals surface area contributed by atoms with Gasteiger partial charge in [-0.15, -0.1) is 0 Å². The Morgan fingerprint density at radius 2 is 1.75 bits per heavy atom. The summed E-state index contributed by atoms with van der Waals surface area (Å²) < 4.78 is 29.3. The zero-order valence-electron chi connectivity index (χ0n) is 11.9. The normalized spacial score (nSPS) is 14.8. The first-order chi connectivity index (χ1) is 9.02. The number of nitrogens with two attached hydrogens (primary N) is 1. The topological polar surface area (TPSA) is 146 Å². The van der Waals surface area contributed by atoms with Gasteiger partial charge in [0.25, 0.3) is 10.0 Å². The molecule has 0 spiro atoms. The monoisotopic (exact) mass is 312 g/mol. The van der Waals surface area contributed by atoms with Crippen LogP contribution in [-0.2, 0) is 19.6 Å². The van der Waals surface area contributed by atoms with E-state index in [1.54, 1.807) is 0 Å². The van der Waals surface area contributed by atoms with Crippen LogP contribution in [0.15, 0.2) is 0 Å². The van der Waals surface area contributed by atoms with E-state index >= 15 is 0 Å². The summed E-state index contributed by atoms with van der Waals surface area (Å²) in [5, 5.41) is 0.321. The van der Waals surface area contributed by atoms with Gasteiger partial charge in [0.1, 0.15) is 0 Å². The molecule has 5 N–H and O–H groups in total. The third kappa shape index (κ3) is 3.77. The van der Waals surface area contributed by atoms with Crippen molar-refractivity contribution in [3.05, 3.63) is 0 Å². The molecule has 0 saturated heterocycles. The van der Waals surface area contributed by atoms with Crippen molar-refractivity contribution < 1.29 is 22.7 Å². The van der Waals surface area contributed by atoms with Crippen LogP contribution < -0.4 is 21.9 Å². The SMILES string of the molecule is CNC(N)(N(C)C)S(=O)(=O)N(NC(C)=O)NC(=O)OC. The lowest BCUT2D eigenvalue weighted by Crippen LogP contribution is -2.73. The fraction of sp³-hybridized carbons (Fsp3) is 0.750. The molecule has 0 aromatic heterocycles. The molecule has 12 heteroatoms. The quantitative estimate of drug-likeness (QED) is 0.306. The molecule has 0 aliphatic heterocycles. The van der Waals surface area contributed by atoms with Crippen LogP contribution in [0, 0.1) is 0 Å². The maximum absolute atomic E-state index is 12.4. The number of sulfonamides is 1. The Balaban J connectivity index is 5.63. The minimum atomic E-state index is -4.43. The van der Waals surface area contributed by atoms with Gasteiger partial charge in [0.05, 0.1) is 7.11 Å². The van der Waals surface area contributed by atoms with Crippen LogP contribution >= 0.6 is 0 Å². The van der Waals surface area contributed by atoms with E-state index in [0.29, 0.717) is 0 Å². The molecule has 0 aliphatic carbocycles. The second kappa shape index (κ2) is 6.81. The third-order valence-electron chi connectivity index (χ3n) is 2.29. The number of rotatable bonds is 6. The molecule has 11 nitrogen and oxygen atoms in total. The predicted octanol–water partition coefficient (Wildman–Crippen LogP) is -2.71. The van der Waals surface area contributed by atoms with E-state index in [9.17, 15) is 18.0 Å². The van der Waals surface area contributed by atoms with Gasteiger partial charge in [-0.25, -0.2) is 18.6 Å². The second-order valence-electron chi connectivity index (χ2n) is 3.88. The molecule has 2 amide bonds. The van der Waals surface area contributed by atoms with Crippen molar-refractivity contribution in [2.24, 2.45) is 5.73 Å². The first-order valence-corrected chi connectivity index (χ1v) is 6.78. The number of hydrazine groups is 2. The van der Waals surface area contributed by atoms with Crippen LogP contribution in [0.2, 0.25) is 0 Å². The average Bonchev–Trinajstić information content (AvgIpc) is 2.35. The van der Waals surface area contributed by atoms with E-state index in [4.69, 9.17) is 5.73 Å². The molecular weight excluding hydrogens is 292 g/mol.